The maximum atomic E-state index is 4.69. The number of aryl methyl sites for hydroxylation is 1. The van der Waals surface area contributed by atoms with Gasteiger partial charge in [0.15, 0.2) is 11.8 Å². The van der Waals surface area contributed by atoms with Crippen molar-refractivity contribution in [2.24, 2.45) is 4.99 Å². The summed E-state index contributed by atoms with van der Waals surface area (Å²) in [6.07, 6.45) is 12.8. The highest BCUT2D eigenvalue weighted by molar-refractivity contribution is 14.0. The van der Waals surface area contributed by atoms with E-state index in [1.54, 1.807) is 0 Å². The van der Waals surface area contributed by atoms with Crippen LogP contribution in [0.3, 0.4) is 0 Å². The fraction of sp³-hybridized carbons (Fsp3) is 0.842. The predicted molar refractivity (Wildman–Crippen MR) is 119 cm³/mol. The molecule has 0 saturated carbocycles. The molecule has 2 rings (SSSR count). The summed E-state index contributed by atoms with van der Waals surface area (Å²) in [5.41, 5.74) is 0. The molecule has 0 aliphatic carbocycles. The van der Waals surface area contributed by atoms with Crippen molar-refractivity contribution >= 4 is 29.9 Å². The summed E-state index contributed by atoms with van der Waals surface area (Å²) in [5.74, 6) is 3.00. The predicted octanol–water partition coefficient (Wildman–Crippen LogP) is 4.04. The van der Waals surface area contributed by atoms with Crippen LogP contribution in [0.5, 0.6) is 0 Å². The molecule has 0 bridgehead atoms. The number of unbranched alkanes of at least 4 members (excludes halogenated alkanes) is 6. The van der Waals surface area contributed by atoms with Crippen molar-refractivity contribution in [1.82, 2.24) is 25.4 Å². The van der Waals surface area contributed by atoms with Crippen LogP contribution >= 0.6 is 24.0 Å². The van der Waals surface area contributed by atoms with E-state index in [1.807, 2.05) is 0 Å². The normalized spacial score (nSPS) is 13.8. The minimum Gasteiger partial charge on any atom is -0.357 e. The number of rotatable bonds is 11. The van der Waals surface area contributed by atoms with E-state index < -0.39 is 0 Å². The van der Waals surface area contributed by atoms with Crippen molar-refractivity contribution < 1.29 is 0 Å². The zero-order valence-corrected chi connectivity index (χ0v) is 18.9. The molecule has 0 amide bonds. The van der Waals surface area contributed by atoms with Gasteiger partial charge in [0, 0.05) is 26.1 Å². The molecular weight excluding hydrogens is 439 g/mol. The Morgan fingerprint density at radius 1 is 1.00 bits per heavy atom. The van der Waals surface area contributed by atoms with Gasteiger partial charge in [-0.2, -0.15) is 0 Å². The summed E-state index contributed by atoms with van der Waals surface area (Å²) in [6.45, 7) is 7.86. The molecule has 2 N–H and O–H groups in total. The Bertz CT molecular complexity index is 514. The molecule has 0 unspecified atom stereocenters. The Balaban J connectivity index is 0.00000338. The van der Waals surface area contributed by atoms with Gasteiger partial charge in [-0.1, -0.05) is 45.4 Å². The molecule has 1 aromatic rings. The lowest BCUT2D eigenvalue weighted by molar-refractivity contribution is 0.508. The first kappa shape index (κ1) is 23.2. The highest BCUT2D eigenvalue weighted by atomic mass is 127. The Morgan fingerprint density at radius 2 is 1.77 bits per heavy atom. The molecule has 1 aromatic heterocycles. The summed E-state index contributed by atoms with van der Waals surface area (Å²) < 4.78 is 2.24. The fourth-order valence-electron chi connectivity index (χ4n) is 3.27. The Kier molecular flexibility index (Phi) is 12.7. The zero-order valence-electron chi connectivity index (χ0n) is 16.6. The number of guanidine groups is 1. The molecule has 0 saturated heterocycles. The van der Waals surface area contributed by atoms with Crippen molar-refractivity contribution in [1.29, 1.82) is 0 Å². The van der Waals surface area contributed by atoms with E-state index in [0.717, 1.165) is 43.7 Å². The Hall–Kier alpha value is -0.860. The lowest BCUT2D eigenvalue weighted by Gasteiger charge is -2.14. The smallest absolute Gasteiger partial charge is 0.191 e. The quantitative estimate of drug-likeness (QED) is 0.219. The van der Waals surface area contributed by atoms with Gasteiger partial charge in [0.05, 0.1) is 0 Å². The first-order valence-corrected chi connectivity index (χ1v) is 10.3. The summed E-state index contributed by atoms with van der Waals surface area (Å²) in [5, 5.41) is 15.4. The van der Waals surface area contributed by atoms with Gasteiger partial charge in [0.2, 0.25) is 0 Å². The van der Waals surface area contributed by atoms with Crippen LogP contribution in [0.1, 0.15) is 83.3 Å². The van der Waals surface area contributed by atoms with Crippen LogP contribution < -0.4 is 10.6 Å². The van der Waals surface area contributed by atoms with Crippen LogP contribution in [-0.2, 0) is 19.5 Å². The van der Waals surface area contributed by atoms with Crippen molar-refractivity contribution in [2.75, 3.05) is 13.1 Å². The van der Waals surface area contributed by atoms with E-state index in [9.17, 15) is 0 Å². The van der Waals surface area contributed by atoms with E-state index in [-0.39, 0.29) is 24.0 Å². The second-order valence-corrected chi connectivity index (χ2v) is 6.88. The van der Waals surface area contributed by atoms with Crippen LogP contribution in [0.25, 0.3) is 0 Å². The highest BCUT2D eigenvalue weighted by Gasteiger charge is 2.15. The summed E-state index contributed by atoms with van der Waals surface area (Å²) in [6, 6.07) is 0. The maximum Gasteiger partial charge on any atom is 0.191 e. The van der Waals surface area contributed by atoms with Crippen molar-refractivity contribution in [3.63, 3.8) is 0 Å². The van der Waals surface area contributed by atoms with Crippen LogP contribution in [0.2, 0.25) is 0 Å². The van der Waals surface area contributed by atoms with Crippen LogP contribution in [0.4, 0.5) is 0 Å². The molecule has 0 aromatic carbocycles. The minimum atomic E-state index is 0. The van der Waals surface area contributed by atoms with Gasteiger partial charge >= 0.3 is 0 Å². The van der Waals surface area contributed by atoms with Gasteiger partial charge in [0.1, 0.15) is 12.4 Å². The number of aliphatic imine (C=N–C) groups is 1. The second kappa shape index (κ2) is 14.2. The molecule has 1 aliphatic rings. The number of fused-ring (bicyclic) bond motifs is 1. The molecule has 0 radical (unpaired) electrons. The number of nitrogens with zero attached hydrogens (tertiary/aromatic N) is 4. The molecule has 0 fully saturated rings. The standard InChI is InChI=1S/C19H36N6.HI/c1-3-5-6-7-8-9-11-14-21-19(20-4-2)22-16-18-24-23-17-13-10-12-15-25(17)18;/h3-16H2,1-2H3,(H2,20,21,22);1H. The Morgan fingerprint density at radius 3 is 2.54 bits per heavy atom. The summed E-state index contributed by atoms with van der Waals surface area (Å²) in [7, 11) is 0. The first-order chi connectivity index (χ1) is 12.3. The van der Waals surface area contributed by atoms with E-state index in [0.29, 0.717) is 6.54 Å². The molecule has 150 valence electrons. The molecule has 26 heavy (non-hydrogen) atoms. The summed E-state index contributed by atoms with van der Waals surface area (Å²) >= 11 is 0. The van der Waals surface area contributed by atoms with Crippen LogP contribution in [0, 0.1) is 0 Å². The van der Waals surface area contributed by atoms with Gasteiger partial charge in [0.25, 0.3) is 0 Å². The number of aromatic nitrogens is 3. The Labute approximate surface area is 176 Å². The lowest BCUT2D eigenvalue weighted by atomic mass is 10.1. The monoisotopic (exact) mass is 476 g/mol. The molecule has 0 atom stereocenters. The van der Waals surface area contributed by atoms with E-state index in [2.05, 4.69) is 39.2 Å². The number of halogens is 1. The van der Waals surface area contributed by atoms with Crippen molar-refractivity contribution in [3.05, 3.63) is 11.6 Å². The van der Waals surface area contributed by atoms with E-state index >= 15 is 0 Å². The van der Waals surface area contributed by atoms with Gasteiger partial charge in [-0.15, -0.1) is 34.2 Å². The number of hydrogen-bond donors (Lipinski definition) is 2. The second-order valence-electron chi connectivity index (χ2n) is 6.88. The minimum absolute atomic E-state index is 0. The van der Waals surface area contributed by atoms with Crippen LogP contribution in [0.15, 0.2) is 4.99 Å². The SMILES string of the molecule is CCCCCCCCCNC(=NCc1nnc2n1CCCC2)NCC.I. The highest BCUT2D eigenvalue weighted by Crippen LogP contribution is 2.14. The maximum absolute atomic E-state index is 4.69. The molecule has 0 spiro atoms. The fourth-order valence-corrected chi connectivity index (χ4v) is 3.27. The third kappa shape index (κ3) is 8.22. The third-order valence-corrected chi connectivity index (χ3v) is 4.73. The van der Waals surface area contributed by atoms with Crippen molar-refractivity contribution in [2.45, 2.75) is 91.1 Å². The van der Waals surface area contributed by atoms with Gasteiger partial charge in [-0.05, 0) is 26.2 Å². The van der Waals surface area contributed by atoms with Gasteiger partial charge < -0.3 is 15.2 Å². The van der Waals surface area contributed by atoms with Crippen LogP contribution in [-0.4, -0.2) is 33.8 Å². The first-order valence-electron chi connectivity index (χ1n) is 10.3. The molecule has 1 aliphatic heterocycles. The lowest BCUT2D eigenvalue weighted by Crippen LogP contribution is -2.37. The third-order valence-electron chi connectivity index (χ3n) is 4.73. The average molecular weight is 476 g/mol. The molecule has 6 nitrogen and oxygen atoms in total. The van der Waals surface area contributed by atoms with Crippen molar-refractivity contribution in [3.8, 4) is 0 Å². The topological polar surface area (TPSA) is 67.1 Å². The largest absolute Gasteiger partial charge is 0.357 e. The zero-order chi connectivity index (χ0) is 17.7. The van der Waals surface area contributed by atoms with Gasteiger partial charge in [-0.25, -0.2) is 4.99 Å². The number of hydrogen-bond acceptors (Lipinski definition) is 3. The van der Waals surface area contributed by atoms with E-state index in [4.69, 9.17) is 4.99 Å². The average Bonchev–Trinajstić information content (AvgIpc) is 3.05. The van der Waals surface area contributed by atoms with Gasteiger partial charge in [-0.3, -0.25) is 0 Å². The summed E-state index contributed by atoms with van der Waals surface area (Å²) in [4.78, 5) is 4.69. The molecule has 7 heteroatoms. The van der Waals surface area contributed by atoms with E-state index in [1.165, 1.54) is 57.8 Å². The molecular formula is C19H37IN6. The number of nitrogens with one attached hydrogen (secondary N) is 2. The molecule has 2 heterocycles.